The van der Waals surface area contributed by atoms with Crippen molar-refractivity contribution in [3.63, 3.8) is 0 Å². The van der Waals surface area contributed by atoms with Crippen molar-refractivity contribution in [3.05, 3.63) is 50.2 Å². The first-order chi connectivity index (χ1) is 8.90. The second-order valence-electron chi connectivity index (χ2n) is 4.79. The van der Waals surface area contributed by atoms with Gasteiger partial charge >= 0.3 is 0 Å². The number of aryl methyl sites for hydroxylation is 3. The van der Waals surface area contributed by atoms with Gasteiger partial charge in [0.2, 0.25) is 0 Å². The third-order valence-electron chi connectivity index (χ3n) is 3.29. The first kappa shape index (κ1) is 14.6. The topological polar surface area (TPSA) is 43.8 Å². The van der Waals surface area contributed by atoms with Gasteiger partial charge in [-0.25, -0.2) is 0 Å². The summed E-state index contributed by atoms with van der Waals surface area (Å²) in [7, 11) is 1.94. The highest BCUT2D eigenvalue weighted by molar-refractivity contribution is 9.10. The molecule has 0 radical (unpaired) electrons. The summed E-state index contributed by atoms with van der Waals surface area (Å²) in [6, 6.07) is 5.86. The van der Waals surface area contributed by atoms with Crippen molar-refractivity contribution in [2.75, 3.05) is 0 Å². The first-order valence-electron chi connectivity index (χ1n) is 6.09. The van der Waals surface area contributed by atoms with Crippen molar-refractivity contribution in [1.82, 2.24) is 9.78 Å². The summed E-state index contributed by atoms with van der Waals surface area (Å²) in [5, 5.41) is 5.15. The Labute approximate surface area is 126 Å². The van der Waals surface area contributed by atoms with E-state index in [1.54, 1.807) is 0 Å². The van der Waals surface area contributed by atoms with E-state index >= 15 is 0 Å². The smallest absolute Gasteiger partial charge is 0.0738 e. The van der Waals surface area contributed by atoms with E-state index in [1.165, 1.54) is 0 Å². The van der Waals surface area contributed by atoms with E-state index in [-0.39, 0.29) is 6.04 Å². The largest absolute Gasteiger partial charge is 0.324 e. The van der Waals surface area contributed by atoms with Crippen molar-refractivity contribution in [3.8, 4) is 0 Å². The lowest BCUT2D eigenvalue weighted by atomic mass is 10.0. The fourth-order valence-electron chi connectivity index (χ4n) is 2.13. The van der Waals surface area contributed by atoms with Gasteiger partial charge in [0.25, 0.3) is 0 Å². The van der Waals surface area contributed by atoms with Crippen molar-refractivity contribution >= 4 is 27.5 Å². The number of nitrogens with zero attached hydrogens (tertiary/aromatic N) is 2. The van der Waals surface area contributed by atoms with E-state index in [0.717, 1.165) is 38.4 Å². The van der Waals surface area contributed by atoms with Gasteiger partial charge in [0, 0.05) is 24.5 Å². The number of rotatable bonds is 3. The molecule has 1 unspecified atom stereocenters. The van der Waals surface area contributed by atoms with Crippen LogP contribution in [0.25, 0.3) is 0 Å². The second-order valence-corrected chi connectivity index (χ2v) is 5.99. The molecule has 0 aliphatic rings. The quantitative estimate of drug-likeness (QED) is 0.924. The number of halogens is 2. The zero-order valence-electron chi connectivity index (χ0n) is 11.2. The summed E-state index contributed by atoms with van der Waals surface area (Å²) in [6.45, 7) is 3.97. The van der Waals surface area contributed by atoms with Crippen LogP contribution in [0, 0.1) is 13.8 Å². The van der Waals surface area contributed by atoms with Gasteiger partial charge < -0.3 is 5.73 Å². The second kappa shape index (κ2) is 5.65. The van der Waals surface area contributed by atoms with Crippen molar-refractivity contribution < 1.29 is 0 Å². The number of aromatic nitrogens is 2. The Kier molecular flexibility index (Phi) is 4.33. The van der Waals surface area contributed by atoms with E-state index < -0.39 is 0 Å². The van der Waals surface area contributed by atoms with Gasteiger partial charge in [-0.15, -0.1) is 0 Å². The molecule has 0 fully saturated rings. The van der Waals surface area contributed by atoms with Gasteiger partial charge in [0.1, 0.15) is 0 Å². The molecule has 0 saturated carbocycles. The Hall–Kier alpha value is -0.840. The van der Waals surface area contributed by atoms with Gasteiger partial charge in [0.15, 0.2) is 0 Å². The van der Waals surface area contributed by atoms with Crippen LogP contribution in [0.1, 0.15) is 28.6 Å². The summed E-state index contributed by atoms with van der Waals surface area (Å²) in [6.07, 6.45) is 0.735. The molecule has 3 nitrogen and oxygen atoms in total. The molecule has 0 spiro atoms. The number of benzene rings is 1. The van der Waals surface area contributed by atoms with Crippen LogP contribution in [0.3, 0.4) is 0 Å². The lowest BCUT2D eigenvalue weighted by Crippen LogP contribution is -2.15. The molecule has 2 N–H and O–H groups in total. The van der Waals surface area contributed by atoms with Crippen molar-refractivity contribution in [2.24, 2.45) is 12.8 Å². The maximum Gasteiger partial charge on any atom is 0.0738 e. The van der Waals surface area contributed by atoms with Crippen LogP contribution in [0.2, 0.25) is 5.02 Å². The van der Waals surface area contributed by atoms with Gasteiger partial charge in [-0.1, -0.05) is 23.7 Å². The van der Waals surface area contributed by atoms with Crippen LogP contribution in [-0.2, 0) is 13.5 Å². The van der Waals surface area contributed by atoms with Gasteiger partial charge in [0.05, 0.1) is 15.9 Å². The Morgan fingerprint density at radius 3 is 2.63 bits per heavy atom. The summed E-state index contributed by atoms with van der Waals surface area (Å²) in [5.41, 5.74) is 10.5. The zero-order valence-corrected chi connectivity index (χ0v) is 13.6. The predicted octanol–water partition coefficient (Wildman–Crippen LogP) is 3.70. The summed E-state index contributed by atoms with van der Waals surface area (Å²) < 4.78 is 2.92. The van der Waals surface area contributed by atoms with E-state index in [9.17, 15) is 0 Å². The number of hydrogen-bond donors (Lipinski definition) is 1. The SMILES string of the molecule is Cc1cc(C(N)Cc2c(Br)c(C)nn2C)ccc1Cl. The Balaban J connectivity index is 2.25. The van der Waals surface area contributed by atoms with Gasteiger partial charge in [-0.2, -0.15) is 5.10 Å². The van der Waals surface area contributed by atoms with E-state index in [0.29, 0.717) is 0 Å². The molecule has 102 valence electrons. The third kappa shape index (κ3) is 3.02. The van der Waals surface area contributed by atoms with Crippen LogP contribution in [0.5, 0.6) is 0 Å². The van der Waals surface area contributed by atoms with Gasteiger partial charge in [-0.05, 0) is 47.0 Å². The molecule has 1 aromatic carbocycles. The summed E-state index contributed by atoms with van der Waals surface area (Å²) >= 11 is 9.61. The Morgan fingerprint density at radius 1 is 1.42 bits per heavy atom. The van der Waals surface area contributed by atoms with E-state index in [4.69, 9.17) is 17.3 Å². The molecule has 0 aliphatic heterocycles. The highest BCUT2D eigenvalue weighted by atomic mass is 79.9. The normalized spacial score (nSPS) is 12.7. The zero-order chi connectivity index (χ0) is 14.2. The molecule has 1 aromatic heterocycles. The number of hydrogen-bond acceptors (Lipinski definition) is 2. The molecule has 19 heavy (non-hydrogen) atoms. The molecular formula is C14H17BrClN3. The monoisotopic (exact) mass is 341 g/mol. The molecule has 2 aromatic rings. The van der Waals surface area contributed by atoms with Crippen LogP contribution >= 0.6 is 27.5 Å². The maximum absolute atomic E-state index is 6.29. The summed E-state index contributed by atoms with van der Waals surface area (Å²) in [4.78, 5) is 0. The molecule has 0 saturated heterocycles. The maximum atomic E-state index is 6.29. The predicted molar refractivity (Wildman–Crippen MR) is 82.5 cm³/mol. The molecule has 0 bridgehead atoms. The van der Waals surface area contributed by atoms with Crippen molar-refractivity contribution in [2.45, 2.75) is 26.3 Å². The number of nitrogens with two attached hydrogens (primary N) is 1. The molecule has 1 atom stereocenters. The summed E-state index contributed by atoms with van der Waals surface area (Å²) in [5.74, 6) is 0. The minimum absolute atomic E-state index is 0.0675. The Bertz CT molecular complexity index is 607. The van der Waals surface area contributed by atoms with Crippen molar-refractivity contribution in [1.29, 1.82) is 0 Å². The molecule has 1 heterocycles. The van der Waals surface area contributed by atoms with Crippen LogP contribution in [-0.4, -0.2) is 9.78 Å². The third-order valence-corrected chi connectivity index (χ3v) is 4.74. The molecule has 5 heteroatoms. The molecule has 2 rings (SSSR count). The van der Waals surface area contributed by atoms with Crippen LogP contribution in [0.4, 0.5) is 0 Å². The Morgan fingerprint density at radius 2 is 2.11 bits per heavy atom. The van der Waals surface area contributed by atoms with Crippen LogP contribution in [0.15, 0.2) is 22.7 Å². The fourth-order valence-corrected chi connectivity index (χ4v) is 2.74. The first-order valence-corrected chi connectivity index (χ1v) is 7.27. The van der Waals surface area contributed by atoms with E-state index in [1.807, 2.05) is 43.8 Å². The average Bonchev–Trinajstić information content (AvgIpc) is 2.59. The molecular weight excluding hydrogens is 326 g/mol. The lowest BCUT2D eigenvalue weighted by Gasteiger charge is -2.14. The van der Waals surface area contributed by atoms with E-state index in [2.05, 4.69) is 21.0 Å². The fraction of sp³-hybridized carbons (Fsp3) is 0.357. The average molecular weight is 343 g/mol. The highest BCUT2D eigenvalue weighted by Gasteiger charge is 2.15. The standard InChI is InChI=1S/C14H17BrClN3/c1-8-6-10(4-5-11(8)16)12(17)7-13-14(15)9(2)18-19(13)3/h4-6,12H,7,17H2,1-3H3. The van der Waals surface area contributed by atoms with Gasteiger partial charge in [-0.3, -0.25) is 4.68 Å². The minimum atomic E-state index is -0.0675. The molecule has 0 aliphatic carbocycles. The van der Waals surface area contributed by atoms with Crippen LogP contribution < -0.4 is 5.73 Å². The lowest BCUT2D eigenvalue weighted by molar-refractivity contribution is 0.638. The minimum Gasteiger partial charge on any atom is -0.324 e. The highest BCUT2D eigenvalue weighted by Crippen LogP contribution is 2.26. The molecule has 0 amide bonds.